The quantitative estimate of drug-likeness (QED) is 0.117. The smallest absolute Gasteiger partial charge is 0.324 e. The summed E-state index contributed by atoms with van der Waals surface area (Å²) in [7, 11) is 3.18. The third kappa shape index (κ3) is 10.4. The molecule has 16 heteroatoms. The minimum absolute atomic E-state index is 0.0506. The third-order valence-electron chi connectivity index (χ3n) is 13.7. The number of methoxy groups -OCH3 is 1. The van der Waals surface area contributed by atoms with Gasteiger partial charge in [0, 0.05) is 80.4 Å². The van der Waals surface area contributed by atoms with Gasteiger partial charge < -0.3 is 29.2 Å². The molecule has 364 valence electrons. The minimum atomic E-state index is -2.86. The molecule has 6 bridgehead atoms. The van der Waals surface area contributed by atoms with Crippen LogP contribution >= 0.6 is 0 Å². The van der Waals surface area contributed by atoms with Gasteiger partial charge in [0.25, 0.3) is 12.3 Å². The predicted octanol–water partition coefficient (Wildman–Crippen LogP) is 7.20. The molecule has 7 rings (SSSR count). The fraction of sp³-hybridized carbons (Fsp3) is 0.500. The lowest BCUT2D eigenvalue weighted by Gasteiger charge is -2.37. The molecule has 2 unspecified atom stereocenters. The second kappa shape index (κ2) is 20.7. The highest BCUT2D eigenvalue weighted by Gasteiger charge is 2.40. The molecule has 0 aliphatic carbocycles. The van der Waals surface area contributed by atoms with Crippen molar-refractivity contribution in [2.24, 2.45) is 17.3 Å². The van der Waals surface area contributed by atoms with Crippen LogP contribution in [0.2, 0.25) is 0 Å². The Morgan fingerprint density at radius 3 is 2.53 bits per heavy atom. The third-order valence-corrected chi connectivity index (χ3v) is 13.7. The second-order valence-corrected chi connectivity index (χ2v) is 19.5. The number of carbonyl (C=O) groups is 5. The minimum Gasteiger partial charge on any atom is -0.464 e. The standard InChI is InChI=1S/C52H65F2N7O7/c1-10-43(62)59-21-18-34(28-59)49(64)58(8)45(30(3)4)48(63)56-41-24-32-22-35(25-36(23-32)47(53)54)33-16-17-42-38(26-33)39(46(60(42)11-2)37-14-12-19-55-44(37)31(5)67-9)27-52(6,7)29-68-51(66)40-15-13-20-61(57-40)50(41)65/h10,12,14,16-17,19,22-23,25-26,30-31,34,40-41,45,47,57H,1,11,13,15,18,20-21,24,27-29H2,2-9H3,(H,56,63)/t31-,34?,40-,41?,45-/m0/s1. The van der Waals surface area contributed by atoms with Gasteiger partial charge >= 0.3 is 5.97 Å². The lowest BCUT2D eigenvalue weighted by Crippen LogP contribution is -2.62. The van der Waals surface area contributed by atoms with E-state index in [0.29, 0.717) is 55.5 Å². The van der Waals surface area contributed by atoms with Crippen molar-refractivity contribution in [3.05, 3.63) is 89.8 Å². The molecule has 0 spiro atoms. The van der Waals surface area contributed by atoms with E-state index in [1.54, 1.807) is 38.1 Å². The zero-order valence-electron chi connectivity index (χ0n) is 40.4. The number of esters is 1. The van der Waals surface area contributed by atoms with Gasteiger partial charge in [-0.3, -0.25) is 34.0 Å². The van der Waals surface area contributed by atoms with Crippen LogP contribution in [0.1, 0.15) is 95.7 Å². The van der Waals surface area contributed by atoms with Crippen LogP contribution in [0.5, 0.6) is 0 Å². The molecule has 5 atom stereocenters. The fourth-order valence-corrected chi connectivity index (χ4v) is 10.1. The number of alkyl halides is 2. The first kappa shape index (κ1) is 49.9. The van der Waals surface area contributed by atoms with E-state index in [1.807, 2.05) is 51.1 Å². The van der Waals surface area contributed by atoms with Gasteiger partial charge in [0.15, 0.2) is 0 Å². The number of pyridine rings is 1. The number of halogens is 2. The zero-order valence-corrected chi connectivity index (χ0v) is 40.4. The Balaban J connectivity index is 1.34. The second-order valence-electron chi connectivity index (χ2n) is 19.5. The Morgan fingerprint density at radius 2 is 1.84 bits per heavy atom. The van der Waals surface area contributed by atoms with Crippen molar-refractivity contribution in [2.45, 2.75) is 111 Å². The Morgan fingerprint density at radius 1 is 1.07 bits per heavy atom. The van der Waals surface area contributed by atoms with E-state index in [0.717, 1.165) is 33.4 Å². The number of nitrogens with one attached hydrogen (secondary N) is 2. The van der Waals surface area contributed by atoms with E-state index in [1.165, 1.54) is 35.2 Å². The molecule has 2 N–H and O–H groups in total. The molecule has 2 aromatic heterocycles. The number of carbonyl (C=O) groups excluding carboxylic acids is 5. The highest BCUT2D eigenvalue weighted by molar-refractivity contribution is 5.96. The molecule has 3 aliphatic heterocycles. The monoisotopic (exact) mass is 937 g/mol. The molecule has 0 saturated carbocycles. The highest BCUT2D eigenvalue weighted by Crippen LogP contribution is 2.42. The zero-order chi connectivity index (χ0) is 49.2. The Kier molecular flexibility index (Phi) is 15.2. The number of aryl methyl sites for hydroxylation is 1. The van der Waals surface area contributed by atoms with Crippen molar-refractivity contribution < 1.29 is 42.2 Å². The van der Waals surface area contributed by atoms with Gasteiger partial charge in [-0.1, -0.05) is 52.5 Å². The molecular weight excluding hydrogens is 873 g/mol. The SMILES string of the molecule is C=CC(=O)N1CCC(C(=O)N(C)[C@H](C(=O)NC2Cc3cc(cc(C(F)F)c3)-c3ccc4c(c3)c(c(-c3cccnc3[C@H](C)OC)n4CC)CC(C)(C)COC(=O)[C@@H]3CCCN(N3)C2=O)C(C)C)C1. The lowest BCUT2D eigenvalue weighted by molar-refractivity contribution is -0.155. The normalized spacial score (nSPS) is 20.8. The van der Waals surface area contributed by atoms with E-state index in [4.69, 9.17) is 14.5 Å². The number of hydrogen-bond acceptors (Lipinski definition) is 9. The summed E-state index contributed by atoms with van der Waals surface area (Å²) >= 11 is 0. The van der Waals surface area contributed by atoms with Gasteiger partial charge in [-0.2, -0.15) is 0 Å². The molecule has 3 aliphatic rings. The van der Waals surface area contributed by atoms with Crippen molar-refractivity contribution in [1.29, 1.82) is 0 Å². The van der Waals surface area contributed by atoms with Crippen LogP contribution in [0.4, 0.5) is 8.78 Å². The van der Waals surface area contributed by atoms with Crippen LogP contribution in [0.25, 0.3) is 33.3 Å². The summed E-state index contributed by atoms with van der Waals surface area (Å²) < 4.78 is 44.1. The van der Waals surface area contributed by atoms with Crippen LogP contribution in [0, 0.1) is 17.3 Å². The highest BCUT2D eigenvalue weighted by atomic mass is 19.3. The van der Waals surface area contributed by atoms with E-state index in [2.05, 4.69) is 28.8 Å². The summed E-state index contributed by atoms with van der Waals surface area (Å²) in [5.74, 6) is -3.28. The average molecular weight is 938 g/mol. The van der Waals surface area contributed by atoms with Gasteiger partial charge in [-0.25, -0.2) is 14.2 Å². The number of rotatable bonds is 11. The number of aromatic nitrogens is 2. The number of nitrogens with zero attached hydrogens (tertiary/aromatic N) is 5. The van der Waals surface area contributed by atoms with Crippen LogP contribution in [-0.2, 0) is 52.8 Å². The van der Waals surface area contributed by atoms with E-state index < -0.39 is 59.6 Å². The Labute approximate surface area is 397 Å². The predicted molar refractivity (Wildman–Crippen MR) is 255 cm³/mol. The van der Waals surface area contributed by atoms with E-state index in [-0.39, 0.29) is 49.6 Å². The number of likely N-dealkylation sites (tertiary alicyclic amines) is 1. The number of amides is 4. The van der Waals surface area contributed by atoms with Crippen molar-refractivity contribution in [3.8, 4) is 22.4 Å². The summed E-state index contributed by atoms with van der Waals surface area (Å²) in [4.78, 5) is 77.2. The maximum absolute atomic E-state index is 15.0. The maximum Gasteiger partial charge on any atom is 0.324 e. The molecule has 14 nitrogen and oxygen atoms in total. The largest absolute Gasteiger partial charge is 0.464 e. The number of likely N-dealkylation sites (N-methyl/N-ethyl adjacent to an activating group) is 1. The van der Waals surface area contributed by atoms with Crippen molar-refractivity contribution >= 4 is 40.5 Å². The Hall–Kier alpha value is -6.00. The molecule has 5 heterocycles. The van der Waals surface area contributed by atoms with Gasteiger partial charge in [-0.15, -0.1) is 0 Å². The summed E-state index contributed by atoms with van der Waals surface area (Å²) in [6, 6.07) is 11.2. The first-order chi connectivity index (χ1) is 32.4. The number of benzene rings is 2. The Bertz CT molecular complexity index is 2580. The molecule has 2 saturated heterocycles. The molecule has 2 aromatic carbocycles. The van der Waals surface area contributed by atoms with Gasteiger partial charge in [0.05, 0.1) is 30.0 Å². The maximum atomic E-state index is 15.0. The van der Waals surface area contributed by atoms with Gasteiger partial charge in [0.1, 0.15) is 18.1 Å². The average Bonchev–Trinajstić information content (AvgIpc) is 3.94. The number of cyclic esters (lactones) is 1. The topological polar surface area (TPSA) is 155 Å². The van der Waals surface area contributed by atoms with E-state index in [9.17, 15) is 32.8 Å². The number of hydrogen-bond donors (Lipinski definition) is 2. The molecule has 68 heavy (non-hydrogen) atoms. The summed E-state index contributed by atoms with van der Waals surface area (Å²) in [5, 5.41) is 5.12. The summed E-state index contributed by atoms with van der Waals surface area (Å²) in [5.41, 5.74) is 8.21. The van der Waals surface area contributed by atoms with E-state index >= 15 is 0 Å². The lowest BCUT2D eigenvalue weighted by atomic mass is 9.84. The molecular formula is C52H65F2N7O7. The molecule has 4 amide bonds. The van der Waals surface area contributed by atoms with Crippen LogP contribution in [0.15, 0.2) is 67.4 Å². The summed E-state index contributed by atoms with van der Waals surface area (Å²) in [6.45, 7) is 16.6. The molecule has 2 fully saturated rings. The first-order valence-electron chi connectivity index (χ1n) is 23.6. The number of ether oxygens (including phenoxy) is 2. The van der Waals surface area contributed by atoms with Crippen molar-refractivity contribution in [3.63, 3.8) is 0 Å². The van der Waals surface area contributed by atoms with Crippen molar-refractivity contribution in [2.75, 3.05) is 40.4 Å². The first-order valence-corrected chi connectivity index (χ1v) is 23.6. The molecule has 0 radical (unpaired) electrons. The number of fused-ring (bicyclic) bond motifs is 6. The van der Waals surface area contributed by atoms with Crippen LogP contribution in [-0.4, -0.2) is 112 Å². The van der Waals surface area contributed by atoms with Crippen LogP contribution < -0.4 is 10.7 Å². The van der Waals surface area contributed by atoms with Crippen molar-refractivity contribution in [1.82, 2.24) is 35.1 Å². The number of hydrazine groups is 1. The van der Waals surface area contributed by atoms with Gasteiger partial charge in [0.2, 0.25) is 17.7 Å². The fourth-order valence-electron chi connectivity index (χ4n) is 10.1. The van der Waals surface area contributed by atoms with Gasteiger partial charge in [-0.05, 0) is 104 Å². The summed E-state index contributed by atoms with van der Waals surface area (Å²) in [6.07, 6.45) is 1.29. The molecule has 4 aromatic rings. The van der Waals surface area contributed by atoms with Crippen LogP contribution in [0.3, 0.4) is 0 Å².